The zero-order chi connectivity index (χ0) is 16.8. The van der Waals surface area contributed by atoms with Crippen molar-refractivity contribution in [1.29, 1.82) is 0 Å². The highest BCUT2D eigenvalue weighted by molar-refractivity contribution is 5.66. The average molecular weight is 323 g/mol. The Bertz CT molecular complexity index is 559. The summed E-state index contributed by atoms with van der Waals surface area (Å²) in [6.07, 6.45) is -3.72. The van der Waals surface area contributed by atoms with E-state index >= 15 is 0 Å². The van der Waals surface area contributed by atoms with Gasteiger partial charge in [-0.05, 0) is 6.42 Å². The Kier molecular flexibility index (Phi) is 6.35. The second kappa shape index (κ2) is 7.78. The molecule has 0 radical (unpaired) electrons. The number of aromatic amines is 1. The Morgan fingerprint density at radius 3 is 2.77 bits per heavy atom. The molecule has 22 heavy (non-hydrogen) atoms. The van der Waals surface area contributed by atoms with Crippen molar-refractivity contribution in [2.45, 2.75) is 32.0 Å². The lowest BCUT2D eigenvalue weighted by Crippen LogP contribution is -2.30. The van der Waals surface area contributed by atoms with Crippen LogP contribution < -0.4 is 10.9 Å². The summed E-state index contributed by atoms with van der Waals surface area (Å²) in [4.78, 5) is 21.6. The van der Waals surface area contributed by atoms with Crippen molar-refractivity contribution in [1.82, 2.24) is 10.2 Å². The van der Waals surface area contributed by atoms with Gasteiger partial charge in [-0.25, -0.2) is 5.10 Å². The van der Waals surface area contributed by atoms with Crippen molar-refractivity contribution in [2.24, 2.45) is 0 Å². The van der Waals surface area contributed by atoms with E-state index in [0.717, 1.165) is 6.20 Å². The summed E-state index contributed by atoms with van der Waals surface area (Å²) in [7, 11) is 0. The van der Waals surface area contributed by atoms with Crippen LogP contribution in [0.5, 0.6) is 0 Å². The second-order valence-corrected chi connectivity index (χ2v) is 4.45. The van der Waals surface area contributed by atoms with E-state index in [9.17, 15) is 22.8 Å². The van der Waals surface area contributed by atoms with E-state index in [4.69, 9.17) is 9.84 Å². The molecule has 1 aromatic heterocycles. The molecule has 0 aliphatic carbocycles. The summed E-state index contributed by atoms with van der Waals surface area (Å²) >= 11 is 0. The number of nitrogens with one attached hydrogen (secondary N) is 2. The van der Waals surface area contributed by atoms with Crippen LogP contribution in [-0.2, 0) is 15.7 Å². The predicted molar refractivity (Wildman–Crippen MR) is 70.6 cm³/mol. The Morgan fingerprint density at radius 2 is 2.23 bits per heavy atom. The van der Waals surface area contributed by atoms with E-state index in [-0.39, 0.29) is 19.6 Å². The number of halogens is 3. The summed E-state index contributed by atoms with van der Waals surface area (Å²) < 4.78 is 43.7. The largest absolute Gasteiger partial charge is 0.481 e. The number of anilines is 1. The summed E-state index contributed by atoms with van der Waals surface area (Å²) in [5.41, 5.74) is -3.13. The van der Waals surface area contributed by atoms with E-state index in [0.29, 0.717) is 6.42 Å². The Balaban J connectivity index is 2.77. The summed E-state index contributed by atoms with van der Waals surface area (Å²) in [5.74, 6) is -1.03. The summed E-state index contributed by atoms with van der Waals surface area (Å²) in [5, 5.41) is 16.1. The molecule has 1 heterocycles. The molecule has 0 bridgehead atoms. The first-order valence-electron chi connectivity index (χ1n) is 6.46. The summed E-state index contributed by atoms with van der Waals surface area (Å²) in [6, 6.07) is -0.515. The zero-order valence-corrected chi connectivity index (χ0v) is 11.7. The number of aromatic nitrogens is 2. The second-order valence-electron chi connectivity index (χ2n) is 4.45. The number of hydrogen-bond donors (Lipinski definition) is 3. The van der Waals surface area contributed by atoms with Crippen LogP contribution in [0.15, 0.2) is 11.0 Å². The quantitative estimate of drug-likeness (QED) is 0.626. The van der Waals surface area contributed by atoms with E-state index in [2.05, 4.69) is 10.4 Å². The number of alkyl halides is 3. The number of ether oxygens (including phenoxy) is 1. The molecule has 124 valence electrons. The first-order chi connectivity index (χ1) is 10.3. The van der Waals surface area contributed by atoms with E-state index < -0.39 is 35.0 Å². The molecule has 0 saturated heterocycles. The Hall–Kier alpha value is -2.10. The molecule has 10 heteroatoms. The van der Waals surface area contributed by atoms with Crippen LogP contribution in [0.1, 0.15) is 25.3 Å². The van der Waals surface area contributed by atoms with E-state index in [1.165, 1.54) is 0 Å². The van der Waals surface area contributed by atoms with Crippen LogP contribution in [-0.4, -0.2) is 40.5 Å². The van der Waals surface area contributed by atoms with Gasteiger partial charge in [0, 0.05) is 6.04 Å². The Morgan fingerprint density at radius 1 is 1.55 bits per heavy atom. The number of hydrogen-bond acceptors (Lipinski definition) is 5. The molecule has 0 saturated carbocycles. The third-order valence-electron chi connectivity index (χ3n) is 2.77. The minimum absolute atomic E-state index is 0.00781. The van der Waals surface area contributed by atoms with Crippen LogP contribution in [0.4, 0.5) is 18.9 Å². The van der Waals surface area contributed by atoms with Gasteiger partial charge in [0.1, 0.15) is 5.56 Å². The molecule has 0 aromatic carbocycles. The maximum Gasteiger partial charge on any atom is 0.423 e. The van der Waals surface area contributed by atoms with Crippen LogP contribution >= 0.6 is 0 Å². The average Bonchev–Trinajstić information content (AvgIpc) is 2.40. The number of aliphatic carboxylic acids is 1. The lowest BCUT2D eigenvalue weighted by atomic mass is 10.2. The van der Waals surface area contributed by atoms with Crippen molar-refractivity contribution >= 4 is 11.7 Å². The van der Waals surface area contributed by atoms with E-state index in [1.807, 2.05) is 0 Å². The molecule has 1 rings (SSSR count). The number of nitrogens with zero attached hydrogens (tertiary/aromatic N) is 1. The van der Waals surface area contributed by atoms with E-state index in [1.54, 1.807) is 12.0 Å². The third kappa shape index (κ3) is 5.35. The minimum atomic E-state index is -4.82. The smallest absolute Gasteiger partial charge is 0.423 e. The highest BCUT2D eigenvalue weighted by atomic mass is 19.4. The van der Waals surface area contributed by atoms with Gasteiger partial charge in [-0.2, -0.15) is 18.3 Å². The van der Waals surface area contributed by atoms with Crippen LogP contribution in [0.3, 0.4) is 0 Å². The van der Waals surface area contributed by atoms with Gasteiger partial charge in [-0.15, -0.1) is 0 Å². The number of carboxylic acid groups (broad SMARTS) is 1. The molecule has 0 aliphatic rings. The normalized spacial score (nSPS) is 12.9. The van der Waals surface area contributed by atoms with Crippen LogP contribution in [0, 0.1) is 0 Å². The standard InChI is InChI=1S/C12H16F3N3O4/c1-2-7(6-22-4-3-9(19)20)17-8-5-16-18-11(21)10(8)12(13,14)15/h5,7H,2-4,6H2,1H3,(H,19,20)(H2,17,18,21)/t7-/m0/s1. The highest BCUT2D eigenvalue weighted by Gasteiger charge is 2.37. The van der Waals surface area contributed by atoms with Crippen molar-refractivity contribution < 1.29 is 27.8 Å². The summed E-state index contributed by atoms with van der Waals surface area (Å²) in [6.45, 7) is 1.67. The van der Waals surface area contributed by atoms with Gasteiger partial charge in [0.25, 0.3) is 5.56 Å². The highest BCUT2D eigenvalue weighted by Crippen LogP contribution is 2.31. The third-order valence-corrected chi connectivity index (χ3v) is 2.77. The van der Waals surface area contributed by atoms with Gasteiger partial charge >= 0.3 is 12.1 Å². The number of carboxylic acids is 1. The molecular weight excluding hydrogens is 307 g/mol. The van der Waals surface area contributed by atoms with Gasteiger partial charge in [-0.1, -0.05) is 6.92 Å². The van der Waals surface area contributed by atoms with Crippen LogP contribution in [0.2, 0.25) is 0 Å². The van der Waals surface area contributed by atoms with Gasteiger partial charge in [-0.3, -0.25) is 9.59 Å². The maximum atomic E-state index is 12.9. The number of carbonyl (C=O) groups is 1. The van der Waals surface area contributed by atoms with Crippen molar-refractivity contribution in [2.75, 3.05) is 18.5 Å². The predicted octanol–water partition coefficient (Wildman–Crippen LogP) is 1.47. The van der Waals surface area contributed by atoms with Crippen molar-refractivity contribution in [3.63, 3.8) is 0 Å². The zero-order valence-electron chi connectivity index (χ0n) is 11.7. The lowest BCUT2D eigenvalue weighted by Gasteiger charge is -2.20. The fourth-order valence-electron chi connectivity index (χ4n) is 1.66. The molecular formula is C12H16F3N3O4. The monoisotopic (exact) mass is 323 g/mol. The molecule has 0 amide bonds. The van der Waals surface area contributed by atoms with Crippen molar-refractivity contribution in [3.05, 3.63) is 22.1 Å². The Labute approximate surface area is 123 Å². The molecule has 0 spiro atoms. The first-order valence-corrected chi connectivity index (χ1v) is 6.46. The van der Waals surface area contributed by atoms with Gasteiger partial charge in [0.15, 0.2) is 0 Å². The molecule has 0 aliphatic heterocycles. The molecule has 1 aromatic rings. The van der Waals surface area contributed by atoms with Crippen LogP contribution in [0.25, 0.3) is 0 Å². The topological polar surface area (TPSA) is 104 Å². The molecule has 1 atom stereocenters. The molecule has 0 fully saturated rings. The fraction of sp³-hybridized carbons (Fsp3) is 0.583. The molecule has 7 nitrogen and oxygen atoms in total. The lowest BCUT2D eigenvalue weighted by molar-refractivity contribution is -0.139. The first kappa shape index (κ1) is 18.0. The maximum absolute atomic E-state index is 12.9. The fourth-order valence-corrected chi connectivity index (χ4v) is 1.66. The SMILES string of the molecule is CC[C@@H](COCCC(=O)O)Nc1cn[nH]c(=O)c1C(F)(F)F. The molecule has 0 unspecified atom stereocenters. The van der Waals surface area contributed by atoms with Gasteiger partial charge in [0.05, 0.1) is 31.5 Å². The van der Waals surface area contributed by atoms with Crippen molar-refractivity contribution in [3.8, 4) is 0 Å². The minimum Gasteiger partial charge on any atom is -0.481 e. The van der Waals surface area contributed by atoms with Gasteiger partial charge in [0.2, 0.25) is 0 Å². The van der Waals surface area contributed by atoms with Gasteiger partial charge < -0.3 is 15.2 Å². The molecule has 3 N–H and O–H groups in total. The number of H-pyrrole nitrogens is 1. The number of rotatable bonds is 8.